The molecule has 1 aromatic carbocycles. The Morgan fingerprint density at radius 1 is 1.23 bits per heavy atom. The average Bonchev–Trinajstić information content (AvgIpc) is 3.16. The zero-order chi connectivity index (χ0) is 21.3. The number of ether oxygens (including phenoxy) is 1. The highest BCUT2D eigenvalue weighted by molar-refractivity contribution is 5.56. The molecule has 4 rings (SSSR count). The fourth-order valence-corrected chi connectivity index (χ4v) is 4.13. The highest BCUT2D eigenvalue weighted by atomic mass is 19.1. The van der Waals surface area contributed by atoms with Crippen LogP contribution in [0.3, 0.4) is 0 Å². The molecule has 3 aromatic rings. The summed E-state index contributed by atoms with van der Waals surface area (Å²) in [6.45, 7) is 6.18. The lowest BCUT2D eigenvalue weighted by Gasteiger charge is -2.26. The maximum Gasteiger partial charge on any atom is 0.157 e. The Morgan fingerprint density at radius 2 is 1.97 bits per heavy atom. The van der Waals surface area contributed by atoms with E-state index in [1.54, 1.807) is 6.07 Å². The molecule has 30 heavy (non-hydrogen) atoms. The van der Waals surface area contributed by atoms with Gasteiger partial charge in [0.25, 0.3) is 0 Å². The van der Waals surface area contributed by atoms with E-state index in [4.69, 9.17) is 14.8 Å². The molecule has 0 bridgehead atoms. The van der Waals surface area contributed by atoms with Crippen molar-refractivity contribution < 1.29 is 9.13 Å². The molecule has 0 spiro atoms. The van der Waals surface area contributed by atoms with E-state index in [-0.39, 0.29) is 11.9 Å². The van der Waals surface area contributed by atoms with Crippen LogP contribution in [0.4, 0.5) is 10.2 Å². The van der Waals surface area contributed by atoms with Gasteiger partial charge in [0.2, 0.25) is 0 Å². The van der Waals surface area contributed by atoms with Gasteiger partial charge in [-0.3, -0.25) is 0 Å². The first kappa shape index (κ1) is 20.8. The molecule has 0 saturated carbocycles. The van der Waals surface area contributed by atoms with Crippen molar-refractivity contribution in [2.75, 3.05) is 39.2 Å². The number of aryl methyl sites for hydroxylation is 1. The number of anilines is 1. The van der Waals surface area contributed by atoms with Crippen molar-refractivity contribution in [1.82, 2.24) is 19.5 Å². The van der Waals surface area contributed by atoms with Crippen LogP contribution in [0.2, 0.25) is 0 Å². The van der Waals surface area contributed by atoms with Crippen molar-refractivity contribution >= 4 is 11.5 Å². The van der Waals surface area contributed by atoms with Gasteiger partial charge in [0.1, 0.15) is 11.6 Å². The van der Waals surface area contributed by atoms with Gasteiger partial charge in [0.15, 0.2) is 5.65 Å². The number of hydrogen-bond acceptors (Lipinski definition) is 5. The van der Waals surface area contributed by atoms with Crippen LogP contribution in [0.25, 0.3) is 5.65 Å². The Morgan fingerprint density at radius 3 is 2.67 bits per heavy atom. The molecule has 160 valence electrons. The number of nitrogens with zero attached hydrogens (tertiary/aromatic N) is 4. The number of aromatic nitrogens is 3. The highest BCUT2D eigenvalue weighted by Crippen LogP contribution is 2.29. The molecule has 1 atom stereocenters. The predicted octanol–water partition coefficient (Wildman–Crippen LogP) is 4.09. The molecule has 0 unspecified atom stereocenters. The standard InChI is InChI=1S/C23H30FN5O/c1-15-16(2)26-22-13-20(17-9-11-30-12-10-17)27-29(22)23(15)25-14-21(28(3)4)18-7-5-6-8-19(18)24/h5-8,13,17,21,25H,9-12,14H2,1-4H3/t21-/m1/s1. The molecule has 1 saturated heterocycles. The fourth-order valence-electron chi connectivity index (χ4n) is 4.13. The van der Waals surface area contributed by atoms with E-state index in [1.807, 2.05) is 49.5 Å². The van der Waals surface area contributed by atoms with Crippen molar-refractivity contribution in [3.05, 3.63) is 58.7 Å². The molecule has 0 radical (unpaired) electrons. The molecule has 0 amide bonds. The Hall–Kier alpha value is -2.51. The first-order chi connectivity index (χ1) is 14.5. The van der Waals surface area contributed by atoms with Crippen molar-refractivity contribution in [3.63, 3.8) is 0 Å². The van der Waals surface area contributed by atoms with Crippen molar-refractivity contribution in [3.8, 4) is 0 Å². The third-order valence-electron chi connectivity index (χ3n) is 6.09. The van der Waals surface area contributed by atoms with Crippen molar-refractivity contribution in [1.29, 1.82) is 0 Å². The molecule has 3 heterocycles. The van der Waals surface area contributed by atoms with Crippen LogP contribution >= 0.6 is 0 Å². The molecule has 1 aliphatic heterocycles. The summed E-state index contributed by atoms with van der Waals surface area (Å²) in [7, 11) is 3.94. The normalized spacial score (nSPS) is 16.3. The molecule has 2 aromatic heterocycles. The summed E-state index contributed by atoms with van der Waals surface area (Å²) in [5.41, 5.74) is 4.61. The summed E-state index contributed by atoms with van der Waals surface area (Å²) in [4.78, 5) is 6.77. The smallest absolute Gasteiger partial charge is 0.157 e. The predicted molar refractivity (Wildman–Crippen MR) is 117 cm³/mol. The topological polar surface area (TPSA) is 54.7 Å². The fraction of sp³-hybridized carbons (Fsp3) is 0.478. The third kappa shape index (κ3) is 4.04. The largest absolute Gasteiger partial charge is 0.381 e. The van der Waals surface area contributed by atoms with Gasteiger partial charge in [-0.15, -0.1) is 0 Å². The maximum absolute atomic E-state index is 14.4. The highest BCUT2D eigenvalue weighted by Gasteiger charge is 2.22. The quantitative estimate of drug-likeness (QED) is 0.662. The van der Waals surface area contributed by atoms with Crippen LogP contribution in [0.1, 0.15) is 47.3 Å². The number of nitrogens with one attached hydrogen (secondary N) is 1. The average molecular weight is 412 g/mol. The number of benzene rings is 1. The summed E-state index contributed by atoms with van der Waals surface area (Å²) < 4.78 is 21.8. The van der Waals surface area contributed by atoms with Gasteiger partial charge in [-0.2, -0.15) is 9.61 Å². The molecular formula is C23H30FN5O. The molecule has 1 fully saturated rings. The second-order valence-corrected chi connectivity index (χ2v) is 8.28. The van der Waals surface area contributed by atoms with Gasteiger partial charge in [-0.25, -0.2) is 9.37 Å². The van der Waals surface area contributed by atoms with E-state index >= 15 is 0 Å². The minimum atomic E-state index is -0.188. The first-order valence-electron chi connectivity index (χ1n) is 10.5. The Balaban J connectivity index is 1.66. The minimum Gasteiger partial charge on any atom is -0.381 e. The lowest BCUT2D eigenvalue weighted by molar-refractivity contribution is 0.0844. The zero-order valence-corrected chi connectivity index (χ0v) is 18.2. The van der Waals surface area contributed by atoms with Gasteiger partial charge in [-0.05, 0) is 46.9 Å². The van der Waals surface area contributed by atoms with Gasteiger partial charge >= 0.3 is 0 Å². The monoisotopic (exact) mass is 411 g/mol. The lowest BCUT2D eigenvalue weighted by Crippen LogP contribution is -2.28. The number of fused-ring (bicyclic) bond motifs is 1. The number of hydrogen-bond donors (Lipinski definition) is 1. The second kappa shape index (κ2) is 8.70. The molecular weight excluding hydrogens is 381 g/mol. The molecule has 7 heteroatoms. The summed E-state index contributed by atoms with van der Waals surface area (Å²) in [5.74, 6) is 1.13. The second-order valence-electron chi connectivity index (χ2n) is 8.28. The molecule has 1 aliphatic rings. The number of rotatable bonds is 6. The van der Waals surface area contributed by atoms with E-state index in [1.165, 1.54) is 6.07 Å². The van der Waals surface area contributed by atoms with Gasteiger partial charge in [-0.1, -0.05) is 18.2 Å². The summed E-state index contributed by atoms with van der Waals surface area (Å²) in [6.07, 6.45) is 1.97. The Kier molecular flexibility index (Phi) is 6.01. The van der Waals surface area contributed by atoms with E-state index in [9.17, 15) is 4.39 Å². The van der Waals surface area contributed by atoms with E-state index in [0.717, 1.165) is 54.5 Å². The van der Waals surface area contributed by atoms with Gasteiger partial charge in [0, 0.05) is 48.6 Å². The van der Waals surface area contributed by atoms with Crippen LogP contribution in [0, 0.1) is 19.7 Å². The van der Waals surface area contributed by atoms with Crippen molar-refractivity contribution in [2.24, 2.45) is 0 Å². The zero-order valence-electron chi connectivity index (χ0n) is 18.2. The summed E-state index contributed by atoms with van der Waals surface area (Å²) in [5, 5.41) is 8.45. The van der Waals surface area contributed by atoms with Crippen LogP contribution in [0.5, 0.6) is 0 Å². The van der Waals surface area contributed by atoms with E-state index < -0.39 is 0 Å². The third-order valence-corrected chi connectivity index (χ3v) is 6.09. The minimum absolute atomic E-state index is 0.111. The van der Waals surface area contributed by atoms with Gasteiger partial charge < -0.3 is 15.0 Å². The molecule has 0 aliphatic carbocycles. The molecule has 6 nitrogen and oxygen atoms in total. The summed E-state index contributed by atoms with van der Waals surface area (Å²) >= 11 is 0. The maximum atomic E-state index is 14.4. The lowest BCUT2D eigenvalue weighted by atomic mass is 9.97. The van der Waals surface area contributed by atoms with Crippen molar-refractivity contribution in [2.45, 2.75) is 38.6 Å². The van der Waals surface area contributed by atoms with Gasteiger partial charge in [0.05, 0.1) is 11.7 Å². The summed E-state index contributed by atoms with van der Waals surface area (Å²) in [6, 6.07) is 8.94. The first-order valence-corrected chi connectivity index (χ1v) is 10.5. The SMILES string of the molecule is Cc1nc2cc(C3CCOCC3)nn2c(NC[C@H](c2ccccc2F)N(C)C)c1C. The Bertz CT molecular complexity index is 1030. The van der Waals surface area contributed by atoms with Crippen LogP contribution in [0.15, 0.2) is 30.3 Å². The molecule has 1 N–H and O–H groups in total. The Labute approximate surface area is 177 Å². The van der Waals surface area contributed by atoms with E-state index in [0.29, 0.717) is 18.0 Å². The number of likely N-dealkylation sites (N-methyl/N-ethyl adjacent to an activating group) is 1. The van der Waals surface area contributed by atoms with E-state index in [2.05, 4.69) is 11.4 Å². The van der Waals surface area contributed by atoms with Crippen LogP contribution in [-0.2, 0) is 4.74 Å². The van der Waals surface area contributed by atoms with Crippen LogP contribution in [-0.4, -0.2) is 53.4 Å². The van der Waals surface area contributed by atoms with Crippen LogP contribution < -0.4 is 5.32 Å². The number of halogens is 1.